The Balaban J connectivity index is 1.45. The zero-order chi connectivity index (χ0) is 18.3. The van der Waals surface area contributed by atoms with Crippen molar-refractivity contribution in [3.8, 4) is 0 Å². The van der Waals surface area contributed by atoms with Crippen molar-refractivity contribution in [1.82, 2.24) is 20.4 Å². The molecule has 0 spiro atoms. The molecule has 2 amide bonds. The Labute approximate surface area is 152 Å². The van der Waals surface area contributed by atoms with Gasteiger partial charge in [0.05, 0.1) is 6.04 Å². The van der Waals surface area contributed by atoms with E-state index in [-0.39, 0.29) is 17.9 Å². The van der Waals surface area contributed by atoms with E-state index in [0.29, 0.717) is 25.2 Å². The van der Waals surface area contributed by atoms with Crippen LogP contribution in [-0.4, -0.2) is 53.1 Å². The van der Waals surface area contributed by atoms with Gasteiger partial charge in [0, 0.05) is 49.4 Å². The summed E-state index contributed by atoms with van der Waals surface area (Å²) < 4.78 is 0. The first kappa shape index (κ1) is 16.8. The molecule has 1 atom stereocenters. The Bertz CT molecular complexity index is 842. The summed E-state index contributed by atoms with van der Waals surface area (Å²) in [7, 11) is 2.03. The molecule has 0 aliphatic carbocycles. The number of carbonyl (C=O) groups is 2. The molecule has 0 bridgehead atoms. The van der Waals surface area contributed by atoms with Crippen LogP contribution in [0, 0.1) is 6.92 Å². The number of fused-ring (bicyclic) bond motifs is 1. The first-order valence-electron chi connectivity index (χ1n) is 8.94. The molecule has 1 aromatic carbocycles. The maximum atomic E-state index is 12.7. The average Bonchev–Trinajstić information content (AvgIpc) is 3.18. The van der Waals surface area contributed by atoms with E-state index in [1.54, 1.807) is 4.90 Å². The smallest absolute Gasteiger partial charge is 0.272 e. The highest BCUT2D eigenvalue weighted by molar-refractivity contribution is 5.98. The molecule has 0 saturated carbocycles. The fraction of sp³-hybridized carbons (Fsp3) is 0.421. The monoisotopic (exact) mass is 353 g/mol. The molecule has 26 heavy (non-hydrogen) atoms. The summed E-state index contributed by atoms with van der Waals surface area (Å²) >= 11 is 0. The lowest BCUT2D eigenvalue weighted by atomic mass is 10.1. The van der Waals surface area contributed by atoms with Gasteiger partial charge in [-0.15, -0.1) is 0 Å². The number of hydrogen-bond acceptors (Lipinski definition) is 4. The largest absolute Gasteiger partial charge is 0.346 e. The second-order valence-corrected chi connectivity index (χ2v) is 7.23. The predicted octanol–water partition coefficient (Wildman–Crippen LogP) is 1.24. The summed E-state index contributed by atoms with van der Waals surface area (Å²) in [6.45, 7) is 4.17. The van der Waals surface area contributed by atoms with Crippen LogP contribution in [0.3, 0.4) is 0 Å². The molecule has 0 radical (unpaired) electrons. The Kier molecular flexibility index (Phi) is 4.24. The molecule has 2 aliphatic heterocycles. The summed E-state index contributed by atoms with van der Waals surface area (Å²) in [5.41, 5.74) is 4.48. The molecule has 7 heteroatoms. The van der Waals surface area contributed by atoms with E-state index in [1.807, 2.05) is 38.2 Å². The van der Waals surface area contributed by atoms with Crippen molar-refractivity contribution in [3.05, 3.63) is 46.8 Å². The van der Waals surface area contributed by atoms with Crippen LogP contribution in [0.15, 0.2) is 24.3 Å². The van der Waals surface area contributed by atoms with E-state index < -0.39 is 0 Å². The molecule has 136 valence electrons. The minimum absolute atomic E-state index is 0.0305. The van der Waals surface area contributed by atoms with E-state index in [2.05, 4.69) is 20.4 Å². The van der Waals surface area contributed by atoms with E-state index >= 15 is 0 Å². The van der Waals surface area contributed by atoms with Gasteiger partial charge < -0.3 is 15.1 Å². The zero-order valence-corrected chi connectivity index (χ0v) is 15.1. The van der Waals surface area contributed by atoms with Crippen LogP contribution >= 0.6 is 0 Å². The van der Waals surface area contributed by atoms with Crippen molar-refractivity contribution in [2.75, 3.05) is 25.0 Å². The Morgan fingerprint density at radius 2 is 2.08 bits per heavy atom. The van der Waals surface area contributed by atoms with Gasteiger partial charge in [0.25, 0.3) is 5.91 Å². The van der Waals surface area contributed by atoms with E-state index in [4.69, 9.17) is 0 Å². The number of benzene rings is 1. The van der Waals surface area contributed by atoms with Crippen LogP contribution in [-0.2, 0) is 17.8 Å². The minimum Gasteiger partial charge on any atom is -0.346 e. The third-order valence-electron chi connectivity index (χ3n) is 5.15. The van der Waals surface area contributed by atoms with Crippen LogP contribution in [0.4, 0.5) is 5.69 Å². The average molecular weight is 353 g/mol. The molecule has 4 rings (SSSR count). The lowest BCUT2D eigenvalue weighted by Crippen LogP contribution is -2.38. The molecule has 1 saturated heterocycles. The summed E-state index contributed by atoms with van der Waals surface area (Å²) in [6, 6.07) is 7.65. The SMILES string of the molecule is Cc1ccc(N2CC(NC(=O)c3n[nH]c4c3CN(C)CC4)CC2=O)cc1. The van der Waals surface area contributed by atoms with Gasteiger partial charge in [0.15, 0.2) is 5.69 Å². The molecule has 2 aromatic rings. The predicted molar refractivity (Wildman–Crippen MR) is 98.0 cm³/mol. The zero-order valence-electron chi connectivity index (χ0n) is 15.1. The van der Waals surface area contributed by atoms with Crippen LogP contribution in [0.2, 0.25) is 0 Å². The van der Waals surface area contributed by atoms with Crippen molar-refractivity contribution >= 4 is 17.5 Å². The molecule has 1 unspecified atom stereocenters. The first-order chi connectivity index (χ1) is 12.5. The van der Waals surface area contributed by atoms with Gasteiger partial charge >= 0.3 is 0 Å². The van der Waals surface area contributed by atoms with Crippen LogP contribution < -0.4 is 10.2 Å². The summed E-state index contributed by atoms with van der Waals surface area (Å²) in [4.78, 5) is 29.0. The third-order valence-corrected chi connectivity index (χ3v) is 5.15. The summed E-state index contributed by atoms with van der Waals surface area (Å²) in [5, 5.41) is 10.2. The Morgan fingerprint density at radius 3 is 2.85 bits per heavy atom. The Morgan fingerprint density at radius 1 is 1.31 bits per heavy atom. The molecule has 7 nitrogen and oxygen atoms in total. The first-order valence-corrected chi connectivity index (χ1v) is 8.94. The van der Waals surface area contributed by atoms with Crippen molar-refractivity contribution < 1.29 is 9.59 Å². The highest BCUT2D eigenvalue weighted by Gasteiger charge is 2.33. The number of rotatable bonds is 3. The van der Waals surface area contributed by atoms with Gasteiger partial charge in [-0.05, 0) is 26.1 Å². The number of nitrogens with one attached hydrogen (secondary N) is 2. The second kappa shape index (κ2) is 6.57. The highest BCUT2D eigenvalue weighted by Crippen LogP contribution is 2.23. The van der Waals surface area contributed by atoms with Crippen LogP contribution in [0.1, 0.15) is 33.7 Å². The number of carbonyl (C=O) groups excluding carboxylic acids is 2. The number of amides is 2. The molecular weight excluding hydrogens is 330 g/mol. The lowest BCUT2D eigenvalue weighted by molar-refractivity contribution is -0.117. The molecule has 1 aromatic heterocycles. The van der Waals surface area contributed by atoms with E-state index in [0.717, 1.165) is 35.5 Å². The van der Waals surface area contributed by atoms with Crippen LogP contribution in [0.5, 0.6) is 0 Å². The number of nitrogens with zero attached hydrogens (tertiary/aromatic N) is 3. The number of aromatic amines is 1. The third kappa shape index (κ3) is 3.10. The molecule has 1 fully saturated rings. The number of hydrogen-bond donors (Lipinski definition) is 2. The normalized spacial score (nSPS) is 20.3. The summed E-state index contributed by atoms with van der Waals surface area (Å²) in [6.07, 6.45) is 1.18. The van der Waals surface area contributed by atoms with Crippen molar-refractivity contribution in [2.45, 2.75) is 32.4 Å². The topological polar surface area (TPSA) is 81.3 Å². The maximum absolute atomic E-state index is 12.7. The standard InChI is InChI=1S/C19H23N5O2/c1-12-3-5-14(6-4-12)24-10-13(9-17(24)25)20-19(26)18-15-11-23(2)8-7-16(15)21-22-18/h3-6,13H,7-11H2,1-2H3,(H,20,26)(H,21,22). The quantitative estimate of drug-likeness (QED) is 0.870. The van der Waals surface area contributed by atoms with Gasteiger partial charge in [0.1, 0.15) is 0 Å². The summed E-state index contributed by atoms with van der Waals surface area (Å²) in [5.74, 6) is -0.177. The van der Waals surface area contributed by atoms with Crippen molar-refractivity contribution in [2.24, 2.45) is 0 Å². The number of likely N-dealkylation sites (N-methyl/N-ethyl adjacent to an activating group) is 1. The van der Waals surface area contributed by atoms with Crippen molar-refractivity contribution in [1.29, 1.82) is 0 Å². The molecule has 3 heterocycles. The fourth-order valence-corrected chi connectivity index (χ4v) is 3.65. The number of aryl methyl sites for hydroxylation is 1. The molecule has 2 N–H and O–H groups in total. The second-order valence-electron chi connectivity index (χ2n) is 7.23. The van der Waals surface area contributed by atoms with Crippen LogP contribution in [0.25, 0.3) is 0 Å². The lowest BCUT2D eigenvalue weighted by Gasteiger charge is -2.22. The maximum Gasteiger partial charge on any atom is 0.272 e. The fourth-order valence-electron chi connectivity index (χ4n) is 3.65. The number of H-pyrrole nitrogens is 1. The van der Waals surface area contributed by atoms with Gasteiger partial charge in [-0.25, -0.2) is 0 Å². The Hall–Kier alpha value is -2.67. The highest BCUT2D eigenvalue weighted by atomic mass is 16.2. The molecular formula is C19H23N5O2. The van der Waals surface area contributed by atoms with E-state index in [1.165, 1.54) is 0 Å². The minimum atomic E-state index is -0.207. The number of aromatic nitrogens is 2. The van der Waals surface area contributed by atoms with Gasteiger partial charge in [-0.3, -0.25) is 14.7 Å². The molecule has 2 aliphatic rings. The number of anilines is 1. The van der Waals surface area contributed by atoms with Gasteiger partial charge in [-0.2, -0.15) is 5.10 Å². The van der Waals surface area contributed by atoms with E-state index in [9.17, 15) is 9.59 Å². The van der Waals surface area contributed by atoms with Gasteiger partial charge in [0.2, 0.25) is 5.91 Å². The van der Waals surface area contributed by atoms with Crippen molar-refractivity contribution in [3.63, 3.8) is 0 Å². The van der Waals surface area contributed by atoms with Gasteiger partial charge in [-0.1, -0.05) is 17.7 Å².